The lowest BCUT2D eigenvalue weighted by atomic mass is 10.0. The van der Waals surface area contributed by atoms with E-state index in [0.717, 1.165) is 128 Å². The van der Waals surface area contributed by atoms with E-state index < -0.39 is 54.1 Å². The van der Waals surface area contributed by atoms with Crippen molar-refractivity contribution in [1.82, 2.24) is 14.7 Å². The summed E-state index contributed by atoms with van der Waals surface area (Å²) >= 11 is 0. The first-order valence-corrected chi connectivity index (χ1v) is 33.8. The van der Waals surface area contributed by atoms with Gasteiger partial charge in [-0.3, -0.25) is 28.8 Å². The van der Waals surface area contributed by atoms with Gasteiger partial charge in [-0.15, -0.1) is 0 Å². The summed E-state index contributed by atoms with van der Waals surface area (Å²) in [7, 11) is 16.3. The van der Waals surface area contributed by atoms with Crippen molar-refractivity contribution in [2.45, 2.75) is 134 Å². The molecule has 3 N–H and O–H groups in total. The van der Waals surface area contributed by atoms with Gasteiger partial charge in [0.15, 0.2) is 0 Å². The fraction of sp³-hybridized carbons (Fsp3) is 0.462. The van der Waals surface area contributed by atoms with Crippen molar-refractivity contribution in [3.05, 3.63) is 179 Å². The second-order valence-electron chi connectivity index (χ2n) is 24.7. The summed E-state index contributed by atoms with van der Waals surface area (Å²) in [6.07, 6.45) is 9.23. The number of carboxylic acids is 3. The van der Waals surface area contributed by atoms with E-state index in [1.54, 1.807) is 21.3 Å². The fourth-order valence-electron chi connectivity index (χ4n) is 10.5. The molecule has 0 aromatic heterocycles. The van der Waals surface area contributed by atoms with Crippen molar-refractivity contribution < 1.29 is 86.7 Å². The van der Waals surface area contributed by atoms with Crippen molar-refractivity contribution >= 4 is 35.8 Å². The van der Waals surface area contributed by atoms with Crippen LogP contribution >= 0.6 is 0 Å². The molecule has 0 saturated heterocycles. The third-order valence-corrected chi connectivity index (χ3v) is 15.3. The molecule has 0 aliphatic heterocycles. The van der Waals surface area contributed by atoms with Gasteiger partial charge >= 0.3 is 35.8 Å². The highest BCUT2D eigenvalue weighted by Gasteiger charge is 2.22. The smallest absolute Gasteiger partial charge is 0.306 e. The molecule has 6 aromatic rings. The number of unbranched alkanes of at least 4 members (excludes halogenated alkanes) is 3. The Kier molecular flexibility index (Phi) is 39.6. The summed E-state index contributed by atoms with van der Waals surface area (Å²) in [6, 6.07) is 48.1. The minimum atomic E-state index is -1.02. The molecule has 0 amide bonds. The second-order valence-corrected chi connectivity index (χ2v) is 24.7. The molecule has 0 heterocycles. The quantitative estimate of drug-likeness (QED) is 0.0182. The predicted octanol–water partition coefficient (Wildman–Crippen LogP) is 11.9. The van der Waals surface area contributed by atoms with Gasteiger partial charge in [-0.25, -0.2) is 0 Å². The van der Waals surface area contributed by atoms with E-state index >= 15 is 0 Å². The number of nitrogens with zero attached hydrogens (tertiary/aromatic N) is 3. The van der Waals surface area contributed by atoms with Crippen molar-refractivity contribution in [3.8, 4) is 34.5 Å². The standard InChI is InChI=1S/C27H37NO6.C26H35NO6.C25H33NO6/c1-28(2)19-24(34-27(31)17-16-26(29)30)20-33-25-15-8-7-13-22(25)12-6-4-5-10-21-11-9-14-23(18-21)32-3;1-27(2)18-23(33-26(30)16-15-25(28)29)19-32-24-14-7-6-12-21(24)11-5-4-9-20-10-8-13-22(17-20)31-3;1-26(2)17-22(32-25(29)15-14-24(27)28)18-31-23-13-5-4-10-20(23)11-6-8-19-9-7-12-21(16-19)30-3/h7-9,11,13-15,18,24H,4-6,10,12,16-17,19-20H2,1-3H3,(H,29,30);6-8,10,12-14,17,23H,4-5,9,11,15-16,18-19H2,1-3H3,(H,28,29);4-5,7,9-10,12-13,16,22H,6,8,11,14-15,17-18H2,1-3H3,(H,27,28). The maximum Gasteiger partial charge on any atom is 0.306 e. The van der Waals surface area contributed by atoms with Crippen LogP contribution in [0.3, 0.4) is 0 Å². The average molecular weight is 1370 g/mol. The van der Waals surface area contributed by atoms with Gasteiger partial charge in [0, 0.05) is 19.6 Å². The number of ether oxygens (including phenoxy) is 9. The lowest BCUT2D eigenvalue weighted by molar-refractivity contribution is -0.154. The number of carboxylic acid groups (broad SMARTS) is 3. The molecule has 0 saturated carbocycles. The molecular formula is C78H105N3O18. The van der Waals surface area contributed by atoms with Gasteiger partial charge in [0.25, 0.3) is 0 Å². The molecule has 21 heteroatoms. The summed E-state index contributed by atoms with van der Waals surface area (Å²) in [5.41, 5.74) is 7.11. The Labute approximate surface area is 585 Å². The average Bonchev–Trinajstić information content (AvgIpc) is 2.48. The number of rotatable bonds is 45. The molecule has 0 radical (unpaired) electrons. The zero-order valence-electron chi connectivity index (χ0n) is 59.4. The highest BCUT2D eigenvalue weighted by Crippen LogP contribution is 2.26. The SMILES string of the molecule is COc1cccc(CCCCCc2ccccc2OCC(CN(C)C)OC(=O)CCC(=O)O)c1.COc1cccc(CCCCc2ccccc2OCC(CN(C)C)OC(=O)CCC(=O)O)c1.COc1cccc(CCCc2ccccc2OCC(CN(C)C)OC(=O)CCC(=O)O)c1. The number of esters is 3. The van der Waals surface area contributed by atoms with Crippen molar-refractivity contribution in [2.75, 3.05) is 103 Å². The maximum atomic E-state index is 12.0. The number of hydrogen-bond acceptors (Lipinski definition) is 18. The van der Waals surface area contributed by atoms with E-state index in [4.69, 9.17) is 58.0 Å². The van der Waals surface area contributed by atoms with Crippen LogP contribution in [0, 0.1) is 0 Å². The number of carbonyl (C=O) groups is 6. The van der Waals surface area contributed by atoms with Crippen LogP contribution in [0.25, 0.3) is 0 Å². The van der Waals surface area contributed by atoms with Gasteiger partial charge in [-0.2, -0.15) is 0 Å². The summed E-state index contributed by atoms with van der Waals surface area (Å²) < 4.78 is 50.3. The number of methoxy groups -OCH3 is 3. The Hall–Kier alpha value is -9.18. The molecule has 6 aromatic carbocycles. The fourth-order valence-corrected chi connectivity index (χ4v) is 10.5. The van der Waals surface area contributed by atoms with Gasteiger partial charge < -0.3 is 72.7 Å². The minimum Gasteiger partial charge on any atom is -0.497 e. The Balaban J connectivity index is 0.000000315. The van der Waals surface area contributed by atoms with E-state index in [2.05, 4.69) is 42.5 Å². The number of benzene rings is 6. The van der Waals surface area contributed by atoms with Crippen molar-refractivity contribution in [3.63, 3.8) is 0 Å². The minimum absolute atomic E-state index is 0.147. The summed E-state index contributed by atoms with van der Waals surface area (Å²) in [5.74, 6) is 0.318. The molecule has 6 rings (SSSR count). The van der Waals surface area contributed by atoms with Gasteiger partial charge in [-0.05, 0) is 201 Å². The van der Waals surface area contributed by atoms with E-state index in [-0.39, 0.29) is 58.3 Å². The number of hydrogen-bond donors (Lipinski definition) is 3. The molecular weight excluding hydrogens is 1270 g/mol. The topological polar surface area (TPSA) is 256 Å². The molecule has 21 nitrogen and oxygen atoms in total. The van der Waals surface area contributed by atoms with Crippen molar-refractivity contribution in [1.29, 1.82) is 0 Å². The zero-order valence-corrected chi connectivity index (χ0v) is 59.4. The van der Waals surface area contributed by atoms with Crippen LogP contribution < -0.4 is 28.4 Å². The summed E-state index contributed by atoms with van der Waals surface area (Å²) in [6.45, 7) is 2.08. The Morgan fingerprint density at radius 2 is 0.606 bits per heavy atom. The van der Waals surface area contributed by atoms with E-state index in [1.165, 1.54) is 16.7 Å². The van der Waals surface area contributed by atoms with Gasteiger partial charge in [-0.1, -0.05) is 97.4 Å². The molecule has 0 fully saturated rings. The molecule has 3 unspecified atom stereocenters. The lowest BCUT2D eigenvalue weighted by Gasteiger charge is -2.22. The highest BCUT2D eigenvalue weighted by atomic mass is 16.6. The Bertz CT molecular complexity index is 3340. The number of likely N-dealkylation sites (N-methyl/N-ethyl adjacent to an activating group) is 3. The summed E-state index contributed by atoms with van der Waals surface area (Å²) in [4.78, 5) is 73.7. The first kappa shape index (κ1) is 82.2. The number of para-hydroxylation sites is 3. The van der Waals surface area contributed by atoms with Crippen LogP contribution in [0.5, 0.6) is 34.5 Å². The van der Waals surface area contributed by atoms with Crippen LogP contribution in [0.1, 0.15) is 110 Å². The Morgan fingerprint density at radius 3 is 0.909 bits per heavy atom. The van der Waals surface area contributed by atoms with Gasteiger partial charge in [0.05, 0.1) is 59.9 Å². The first-order valence-electron chi connectivity index (χ1n) is 33.8. The van der Waals surface area contributed by atoms with E-state index in [1.807, 2.05) is 160 Å². The van der Waals surface area contributed by atoms with Crippen LogP contribution in [0.4, 0.5) is 0 Å². The Morgan fingerprint density at radius 1 is 0.333 bits per heavy atom. The molecule has 540 valence electrons. The third-order valence-electron chi connectivity index (χ3n) is 15.3. The normalized spacial score (nSPS) is 11.8. The second kappa shape index (κ2) is 47.7. The van der Waals surface area contributed by atoms with Gasteiger partial charge in [0.2, 0.25) is 0 Å². The first-order chi connectivity index (χ1) is 47.6. The van der Waals surface area contributed by atoms with Crippen molar-refractivity contribution in [2.24, 2.45) is 0 Å². The van der Waals surface area contributed by atoms with E-state index in [0.29, 0.717) is 19.6 Å². The van der Waals surface area contributed by atoms with Gasteiger partial charge in [0.1, 0.15) is 72.6 Å². The largest absolute Gasteiger partial charge is 0.497 e. The molecule has 0 spiro atoms. The lowest BCUT2D eigenvalue weighted by Crippen LogP contribution is -2.35. The van der Waals surface area contributed by atoms with Crippen LogP contribution in [0.2, 0.25) is 0 Å². The number of aryl methyl sites for hydroxylation is 6. The summed E-state index contributed by atoms with van der Waals surface area (Å²) in [5, 5.41) is 26.3. The highest BCUT2D eigenvalue weighted by molar-refractivity contribution is 5.78. The third kappa shape index (κ3) is 36.8. The molecule has 0 aliphatic carbocycles. The van der Waals surface area contributed by atoms with Crippen LogP contribution in [0.15, 0.2) is 146 Å². The van der Waals surface area contributed by atoms with E-state index in [9.17, 15) is 28.8 Å². The number of aliphatic carboxylic acids is 3. The molecule has 99 heavy (non-hydrogen) atoms. The predicted molar refractivity (Wildman–Crippen MR) is 381 cm³/mol. The molecule has 0 aliphatic rings. The molecule has 3 atom stereocenters. The monoisotopic (exact) mass is 1370 g/mol. The zero-order chi connectivity index (χ0) is 72.2. The molecule has 0 bridgehead atoms. The maximum absolute atomic E-state index is 12.0. The van der Waals surface area contributed by atoms with Crippen LogP contribution in [-0.2, 0) is 81.5 Å². The van der Waals surface area contributed by atoms with Crippen LogP contribution in [-0.4, -0.2) is 187 Å². The number of carbonyl (C=O) groups excluding carboxylic acids is 3.